The highest BCUT2D eigenvalue weighted by Gasteiger charge is 2.48. The molecule has 0 bridgehead atoms. The van der Waals surface area contributed by atoms with Crippen molar-refractivity contribution in [2.75, 3.05) is 0 Å². The molecule has 0 spiro atoms. The molecule has 0 unspecified atom stereocenters. The van der Waals surface area contributed by atoms with Gasteiger partial charge in [0.1, 0.15) is 0 Å². The molecule has 2 aliphatic rings. The summed E-state index contributed by atoms with van der Waals surface area (Å²) in [6, 6.07) is 16.7. The number of aryl methyl sites for hydroxylation is 1. The van der Waals surface area contributed by atoms with Crippen molar-refractivity contribution in [3.63, 3.8) is 0 Å². The van der Waals surface area contributed by atoms with Crippen molar-refractivity contribution < 1.29 is 28.5 Å². The van der Waals surface area contributed by atoms with Crippen LogP contribution in [0.1, 0.15) is 123 Å². The standard InChI is InChI=1S/C38H54O6/c1-6-7-8-11-28-14-16-29(17-15-28)12-9-10-13-30-18-20-31(21-19-30)32-22-24-33(25-23-32)38-43-34(36(39)41-26(2)3)35(44-38)37(40)42-27(4)5/h18-29,34-35,38H,6-17H2,1-5H3/t28?,29?,34-,35-/m1/s1. The topological polar surface area (TPSA) is 71.1 Å². The Hall–Kier alpha value is -2.70. The lowest BCUT2D eigenvalue weighted by molar-refractivity contribution is -0.167. The first-order valence-corrected chi connectivity index (χ1v) is 17.1. The summed E-state index contributed by atoms with van der Waals surface area (Å²) in [6.07, 6.45) is 12.6. The second-order valence-corrected chi connectivity index (χ2v) is 13.4. The second-order valence-electron chi connectivity index (χ2n) is 13.4. The van der Waals surface area contributed by atoms with E-state index in [9.17, 15) is 9.59 Å². The summed E-state index contributed by atoms with van der Waals surface area (Å²) < 4.78 is 22.4. The maximum absolute atomic E-state index is 12.7. The van der Waals surface area contributed by atoms with Gasteiger partial charge in [-0.1, -0.05) is 120 Å². The van der Waals surface area contributed by atoms with Crippen LogP contribution in [0.2, 0.25) is 0 Å². The van der Waals surface area contributed by atoms with Crippen LogP contribution in [0, 0.1) is 11.8 Å². The van der Waals surface area contributed by atoms with Crippen molar-refractivity contribution in [1.82, 2.24) is 0 Å². The molecule has 0 N–H and O–H groups in total. The number of ether oxygens (including phenoxy) is 4. The molecule has 4 rings (SSSR count). The van der Waals surface area contributed by atoms with Crippen molar-refractivity contribution in [1.29, 1.82) is 0 Å². The van der Waals surface area contributed by atoms with Crippen LogP contribution in [-0.4, -0.2) is 36.4 Å². The van der Waals surface area contributed by atoms with E-state index in [0.29, 0.717) is 0 Å². The minimum absolute atomic E-state index is 0.340. The van der Waals surface area contributed by atoms with Gasteiger partial charge in [-0.25, -0.2) is 9.59 Å². The molecule has 1 aliphatic heterocycles. The average molecular weight is 607 g/mol. The molecule has 1 aliphatic carbocycles. The van der Waals surface area contributed by atoms with E-state index in [2.05, 4.69) is 31.2 Å². The van der Waals surface area contributed by atoms with Gasteiger partial charge < -0.3 is 18.9 Å². The van der Waals surface area contributed by atoms with Gasteiger partial charge in [0.05, 0.1) is 12.2 Å². The minimum Gasteiger partial charge on any atom is -0.461 e. The van der Waals surface area contributed by atoms with Gasteiger partial charge in [0, 0.05) is 5.56 Å². The van der Waals surface area contributed by atoms with Gasteiger partial charge in [0.15, 0.2) is 18.5 Å². The zero-order chi connectivity index (χ0) is 31.5. The van der Waals surface area contributed by atoms with E-state index in [-0.39, 0.29) is 12.2 Å². The predicted octanol–water partition coefficient (Wildman–Crippen LogP) is 9.14. The first kappa shape index (κ1) is 34.2. The average Bonchev–Trinajstić information content (AvgIpc) is 3.46. The summed E-state index contributed by atoms with van der Waals surface area (Å²) >= 11 is 0. The molecule has 44 heavy (non-hydrogen) atoms. The summed E-state index contributed by atoms with van der Waals surface area (Å²) in [5.74, 6) is 0.676. The van der Waals surface area contributed by atoms with Gasteiger partial charge in [-0.2, -0.15) is 0 Å². The van der Waals surface area contributed by atoms with Crippen molar-refractivity contribution in [3.05, 3.63) is 59.7 Å². The van der Waals surface area contributed by atoms with E-state index in [1.807, 2.05) is 24.3 Å². The number of rotatable bonds is 15. The SMILES string of the molecule is CCCCCC1CCC(CCCCc2ccc(-c3ccc(C4O[C@@H](C(=O)OC(C)C)[C@H](C(=O)OC(C)C)O4)cc3)cc2)CC1. The molecule has 0 radical (unpaired) electrons. The molecule has 1 heterocycles. The van der Waals surface area contributed by atoms with E-state index in [1.165, 1.54) is 76.2 Å². The van der Waals surface area contributed by atoms with E-state index in [4.69, 9.17) is 18.9 Å². The molecule has 2 fully saturated rings. The zero-order valence-electron chi connectivity index (χ0n) is 27.6. The summed E-state index contributed by atoms with van der Waals surface area (Å²) in [7, 11) is 0. The Morgan fingerprint density at radius 2 is 1.14 bits per heavy atom. The zero-order valence-corrected chi connectivity index (χ0v) is 27.6. The lowest BCUT2D eigenvalue weighted by Crippen LogP contribution is -2.40. The molecule has 1 saturated carbocycles. The number of benzene rings is 2. The molecule has 6 heteroatoms. The highest BCUT2D eigenvalue weighted by molar-refractivity contribution is 5.86. The molecule has 2 aromatic carbocycles. The minimum atomic E-state index is -1.18. The maximum atomic E-state index is 12.7. The van der Waals surface area contributed by atoms with Crippen LogP contribution >= 0.6 is 0 Å². The van der Waals surface area contributed by atoms with Crippen molar-refractivity contribution >= 4 is 11.9 Å². The molecule has 1 saturated heterocycles. The number of carbonyl (C=O) groups is 2. The van der Waals surface area contributed by atoms with Crippen molar-refractivity contribution in [2.45, 2.75) is 142 Å². The number of hydrogen-bond donors (Lipinski definition) is 0. The van der Waals surface area contributed by atoms with Crippen molar-refractivity contribution in [2.24, 2.45) is 11.8 Å². The highest BCUT2D eigenvalue weighted by atomic mass is 16.8. The first-order chi connectivity index (χ1) is 21.2. The van der Waals surface area contributed by atoms with Crippen LogP contribution in [0.4, 0.5) is 0 Å². The fourth-order valence-corrected chi connectivity index (χ4v) is 6.51. The summed E-state index contributed by atoms with van der Waals surface area (Å²) in [5, 5.41) is 0. The first-order valence-electron chi connectivity index (χ1n) is 17.1. The predicted molar refractivity (Wildman–Crippen MR) is 174 cm³/mol. The second kappa shape index (κ2) is 17.1. The number of unbranched alkanes of at least 4 members (excludes halogenated alkanes) is 3. The summed E-state index contributed by atoms with van der Waals surface area (Å²) in [5.41, 5.74) is 4.32. The Morgan fingerprint density at radius 1 is 0.682 bits per heavy atom. The van der Waals surface area contributed by atoms with E-state index >= 15 is 0 Å². The quantitative estimate of drug-likeness (QED) is 0.149. The largest absolute Gasteiger partial charge is 0.461 e. The third kappa shape index (κ3) is 10.2. The maximum Gasteiger partial charge on any atom is 0.339 e. The van der Waals surface area contributed by atoms with E-state index < -0.39 is 30.4 Å². The molecular weight excluding hydrogens is 552 g/mol. The Kier molecular flexibility index (Phi) is 13.3. The van der Waals surface area contributed by atoms with Crippen molar-refractivity contribution in [3.8, 4) is 11.1 Å². The highest BCUT2D eigenvalue weighted by Crippen LogP contribution is 2.36. The van der Waals surface area contributed by atoms with Crippen LogP contribution in [0.25, 0.3) is 11.1 Å². The lowest BCUT2D eigenvalue weighted by Gasteiger charge is -2.28. The van der Waals surface area contributed by atoms with Crippen LogP contribution in [0.15, 0.2) is 48.5 Å². The Balaban J connectivity index is 1.24. The molecule has 242 valence electrons. The molecule has 2 atom stereocenters. The molecular formula is C38H54O6. The molecule has 0 aromatic heterocycles. The van der Waals surface area contributed by atoms with Gasteiger partial charge >= 0.3 is 11.9 Å². The van der Waals surface area contributed by atoms with Gasteiger partial charge in [-0.3, -0.25) is 0 Å². The van der Waals surface area contributed by atoms with E-state index in [1.54, 1.807) is 27.7 Å². The number of esters is 2. The van der Waals surface area contributed by atoms with Crippen LogP contribution < -0.4 is 0 Å². The normalized spacial score (nSPS) is 22.4. The van der Waals surface area contributed by atoms with Gasteiger partial charge in [-0.05, 0) is 69.1 Å². The fraction of sp³-hybridized carbons (Fsp3) is 0.632. The Bertz CT molecular complexity index is 1120. The summed E-state index contributed by atoms with van der Waals surface area (Å²) in [4.78, 5) is 25.3. The smallest absolute Gasteiger partial charge is 0.339 e. The Labute approximate surface area is 265 Å². The van der Waals surface area contributed by atoms with E-state index in [0.717, 1.165) is 34.9 Å². The summed E-state index contributed by atoms with van der Waals surface area (Å²) in [6.45, 7) is 9.29. The van der Waals surface area contributed by atoms with Crippen LogP contribution in [0.5, 0.6) is 0 Å². The van der Waals surface area contributed by atoms with Gasteiger partial charge in [-0.15, -0.1) is 0 Å². The third-order valence-electron chi connectivity index (χ3n) is 8.96. The molecule has 6 nitrogen and oxygen atoms in total. The third-order valence-corrected chi connectivity index (χ3v) is 8.96. The van der Waals surface area contributed by atoms with Crippen LogP contribution in [-0.2, 0) is 35.0 Å². The molecule has 2 aromatic rings. The number of carbonyl (C=O) groups excluding carboxylic acids is 2. The van der Waals surface area contributed by atoms with Gasteiger partial charge in [0.2, 0.25) is 0 Å². The van der Waals surface area contributed by atoms with Crippen LogP contribution in [0.3, 0.4) is 0 Å². The number of hydrogen-bond acceptors (Lipinski definition) is 6. The lowest BCUT2D eigenvalue weighted by atomic mass is 9.78. The Morgan fingerprint density at radius 3 is 1.59 bits per heavy atom. The molecule has 0 amide bonds. The monoisotopic (exact) mass is 606 g/mol. The van der Waals surface area contributed by atoms with Gasteiger partial charge in [0.25, 0.3) is 0 Å². The fourth-order valence-electron chi connectivity index (χ4n) is 6.51.